The lowest BCUT2D eigenvalue weighted by Gasteiger charge is -1.94. The third-order valence-corrected chi connectivity index (χ3v) is 1.31. The SMILES string of the molecule is Cl.O=C[C@@H]1C[C@@H](O)CN1. The van der Waals surface area contributed by atoms with Crippen molar-refractivity contribution in [3.63, 3.8) is 0 Å². The molecule has 0 aromatic carbocycles. The van der Waals surface area contributed by atoms with Crippen LogP contribution in [0.1, 0.15) is 6.42 Å². The van der Waals surface area contributed by atoms with Crippen molar-refractivity contribution in [1.82, 2.24) is 5.32 Å². The molecule has 0 amide bonds. The van der Waals surface area contributed by atoms with E-state index in [0.29, 0.717) is 13.0 Å². The topological polar surface area (TPSA) is 49.3 Å². The molecule has 1 aliphatic rings. The third-order valence-electron chi connectivity index (χ3n) is 1.31. The third kappa shape index (κ3) is 2.30. The minimum absolute atomic E-state index is 0. The van der Waals surface area contributed by atoms with E-state index < -0.39 is 0 Å². The lowest BCUT2D eigenvalue weighted by Crippen LogP contribution is -2.22. The molecule has 0 aromatic heterocycles. The van der Waals surface area contributed by atoms with Crippen LogP contribution in [0.4, 0.5) is 0 Å². The zero-order valence-corrected chi connectivity index (χ0v) is 5.73. The van der Waals surface area contributed by atoms with Gasteiger partial charge in [-0.3, -0.25) is 0 Å². The number of halogens is 1. The van der Waals surface area contributed by atoms with E-state index in [2.05, 4.69) is 5.32 Å². The number of aliphatic hydroxyl groups excluding tert-OH is 1. The van der Waals surface area contributed by atoms with Gasteiger partial charge in [0.05, 0.1) is 12.1 Å². The number of hydrogen-bond acceptors (Lipinski definition) is 3. The minimum Gasteiger partial charge on any atom is -0.392 e. The molecule has 2 N–H and O–H groups in total. The van der Waals surface area contributed by atoms with E-state index in [1.807, 2.05) is 0 Å². The van der Waals surface area contributed by atoms with Gasteiger partial charge in [-0.15, -0.1) is 12.4 Å². The first-order valence-corrected chi connectivity index (χ1v) is 2.69. The summed E-state index contributed by atoms with van der Waals surface area (Å²) in [6, 6.07) is -0.106. The van der Waals surface area contributed by atoms with Crippen LogP contribution >= 0.6 is 12.4 Å². The fourth-order valence-corrected chi connectivity index (χ4v) is 0.851. The van der Waals surface area contributed by atoms with Crippen LogP contribution in [0.5, 0.6) is 0 Å². The molecule has 1 fully saturated rings. The Morgan fingerprint density at radius 3 is 2.56 bits per heavy atom. The molecule has 0 spiro atoms. The molecule has 0 unspecified atom stereocenters. The van der Waals surface area contributed by atoms with Gasteiger partial charge in [0, 0.05) is 6.54 Å². The van der Waals surface area contributed by atoms with E-state index in [0.717, 1.165) is 6.29 Å². The molecular weight excluding hydrogens is 142 g/mol. The average Bonchev–Trinajstić information content (AvgIpc) is 2.14. The summed E-state index contributed by atoms with van der Waals surface area (Å²) in [6.07, 6.45) is 1.09. The highest BCUT2D eigenvalue weighted by atomic mass is 35.5. The van der Waals surface area contributed by atoms with Gasteiger partial charge in [0.2, 0.25) is 0 Å². The lowest BCUT2D eigenvalue weighted by molar-refractivity contribution is -0.109. The molecule has 0 radical (unpaired) electrons. The number of carbonyl (C=O) groups is 1. The predicted octanol–water partition coefficient (Wildman–Crippen LogP) is -0.670. The van der Waals surface area contributed by atoms with Crippen molar-refractivity contribution < 1.29 is 9.90 Å². The van der Waals surface area contributed by atoms with Crippen LogP contribution in [-0.4, -0.2) is 30.1 Å². The second kappa shape index (κ2) is 3.82. The molecule has 1 saturated heterocycles. The van der Waals surface area contributed by atoms with E-state index in [4.69, 9.17) is 5.11 Å². The Hall–Kier alpha value is -0.120. The molecule has 1 aliphatic heterocycles. The molecule has 4 heteroatoms. The number of nitrogens with one attached hydrogen (secondary N) is 1. The molecule has 1 rings (SSSR count). The summed E-state index contributed by atoms with van der Waals surface area (Å²) in [6.45, 7) is 0.559. The van der Waals surface area contributed by atoms with Gasteiger partial charge < -0.3 is 15.2 Å². The molecule has 2 atom stereocenters. The van der Waals surface area contributed by atoms with E-state index >= 15 is 0 Å². The Bertz CT molecular complexity index is 99.0. The van der Waals surface area contributed by atoms with Crippen molar-refractivity contribution in [3.05, 3.63) is 0 Å². The van der Waals surface area contributed by atoms with Gasteiger partial charge in [-0.05, 0) is 6.42 Å². The Kier molecular flexibility index (Phi) is 3.77. The van der Waals surface area contributed by atoms with Crippen LogP contribution in [0.2, 0.25) is 0 Å². The first kappa shape index (κ1) is 8.88. The van der Waals surface area contributed by atoms with E-state index in [-0.39, 0.29) is 24.6 Å². The first-order chi connectivity index (χ1) is 3.83. The Balaban J connectivity index is 0.000000640. The summed E-state index contributed by atoms with van der Waals surface area (Å²) >= 11 is 0. The fraction of sp³-hybridized carbons (Fsp3) is 0.800. The van der Waals surface area contributed by atoms with Crippen molar-refractivity contribution in [2.24, 2.45) is 0 Å². The Morgan fingerprint density at radius 2 is 2.33 bits per heavy atom. The number of aliphatic hydroxyl groups is 1. The highest BCUT2D eigenvalue weighted by Crippen LogP contribution is 2.02. The van der Waals surface area contributed by atoms with Crippen LogP contribution < -0.4 is 5.32 Å². The zero-order valence-electron chi connectivity index (χ0n) is 4.91. The maximum Gasteiger partial charge on any atom is 0.136 e. The zero-order chi connectivity index (χ0) is 5.98. The van der Waals surface area contributed by atoms with E-state index in [1.54, 1.807) is 0 Å². The molecule has 9 heavy (non-hydrogen) atoms. The summed E-state index contributed by atoms with van der Waals surface area (Å²) in [5, 5.41) is 11.6. The minimum atomic E-state index is -0.315. The van der Waals surface area contributed by atoms with E-state index in [1.165, 1.54) is 0 Å². The molecule has 0 aliphatic carbocycles. The summed E-state index contributed by atoms with van der Waals surface area (Å²) < 4.78 is 0. The second-order valence-corrected chi connectivity index (χ2v) is 2.04. The van der Waals surface area contributed by atoms with Crippen molar-refractivity contribution in [3.8, 4) is 0 Å². The molecular formula is C5H10ClNO2. The summed E-state index contributed by atoms with van der Waals surface area (Å²) in [4.78, 5) is 9.98. The van der Waals surface area contributed by atoms with Gasteiger partial charge in [0.1, 0.15) is 6.29 Å². The van der Waals surface area contributed by atoms with Crippen LogP contribution in [0.25, 0.3) is 0 Å². The maximum atomic E-state index is 9.98. The number of aldehydes is 1. The van der Waals surface area contributed by atoms with Crippen LogP contribution in [-0.2, 0) is 4.79 Å². The van der Waals surface area contributed by atoms with Crippen molar-refractivity contribution >= 4 is 18.7 Å². The molecule has 3 nitrogen and oxygen atoms in total. The normalized spacial score (nSPS) is 33.4. The highest BCUT2D eigenvalue weighted by Gasteiger charge is 2.20. The largest absolute Gasteiger partial charge is 0.392 e. The predicted molar refractivity (Wildman–Crippen MR) is 35.7 cm³/mol. The first-order valence-electron chi connectivity index (χ1n) is 2.69. The summed E-state index contributed by atoms with van der Waals surface area (Å²) in [5.41, 5.74) is 0. The summed E-state index contributed by atoms with van der Waals surface area (Å²) in [5.74, 6) is 0. The second-order valence-electron chi connectivity index (χ2n) is 2.04. The maximum absolute atomic E-state index is 9.98. The van der Waals surface area contributed by atoms with Gasteiger partial charge in [-0.2, -0.15) is 0 Å². The number of rotatable bonds is 1. The molecule has 0 saturated carbocycles. The molecule has 0 bridgehead atoms. The van der Waals surface area contributed by atoms with Gasteiger partial charge >= 0.3 is 0 Å². The molecule has 1 heterocycles. The van der Waals surface area contributed by atoms with Crippen LogP contribution in [0.3, 0.4) is 0 Å². The number of β-amino-alcohol motifs (C(OH)–C–C–N with tert-alkyl or cyclic N) is 1. The number of carbonyl (C=O) groups excluding carboxylic acids is 1. The highest BCUT2D eigenvalue weighted by molar-refractivity contribution is 5.85. The van der Waals surface area contributed by atoms with Gasteiger partial charge in [0.25, 0.3) is 0 Å². The van der Waals surface area contributed by atoms with Crippen molar-refractivity contribution in [2.75, 3.05) is 6.54 Å². The summed E-state index contributed by atoms with van der Waals surface area (Å²) in [7, 11) is 0. The smallest absolute Gasteiger partial charge is 0.136 e. The van der Waals surface area contributed by atoms with E-state index in [9.17, 15) is 4.79 Å². The van der Waals surface area contributed by atoms with Gasteiger partial charge in [-0.1, -0.05) is 0 Å². The Morgan fingerprint density at radius 1 is 1.67 bits per heavy atom. The van der Waals surface area contributed by atoms with Gasteiger partial charge in [0.15, 0.2) is 0 Å². The van der Waals surface area contributed by atoms with Crippen LogP contribution in [0, 0.1) is 0 Å². The average molecular weight is 152 g/mol. The standard InChI is InChI=1S/C5H9NO2.ClH/c7-3-4-1-5(8)2-6-4;/h3-6,8H,1-2H2;1H/t4-,5+;/m0./s1. The monoisotopic (exact) mass is 151 g/mol. The Labute approximate surface area is 59.9 Å². The van der Waals surface area contributed by atoms with Crippen molar-refractivity contribution in [1.29, 1.82) is 0 Å². The lowest BCUT2D eigenvalue weighted by atomic mass is 10.2. The molecule has 0 aromatic rings. The number of hydrogen-bond donors (Lipinski definition) is 2. The molecule has 54 valence electrons. The van der Waals surface area contributed by atoms with Crippen molar-refractivity contribution in [2.45, 2.75) is 18.6 Å². The quantitative estimate of drug-likeness (QED) is 0.489. The van der Waals surface area contributed by atoms with Crippen LogP contribution in [0.15, 0.2) is 0 Å². The van der Waals surface area contributed by atoms with Gasteiger partial charge in [-0.25, -0.2) is 0 Å². The fourth-order valence-electron chi connectivity index (χ4n) is 0.851.